The van der Waals surface area contributed by atoms with Gasteiger partial charge in [-0.3, -0.25) is 4.90 Å². The van der Waals surface area contributed by atoms with Gasteiger partial charge in [0.1, 0.15) is 0 Å². The molecule has 0 radical (unpaired) electrons. The Kier molecular flexibility index (Phi) is 4.05. The Bertz CT molecular complexity index is 969. The smallest absolute Gasteiger partial charge is 0.238 e. The molecular weight excluding hydrogens is 340 g/mol. The van der Waals surface area contributed by atoms with Crippen molar-refractivity contribution in [3.63, 3.8) is 0 Å². The molecule has 0 bridgehead atoms. The highest BCUT2D eigenvalue weighted by molar-refractivity contribution is 5.78. The summed E-state index contributed by atoms with van der Waals surface area (Å²) in [4.78, 5) is 14.0. The first-order valence-electron chi connectivity index (χ1n) is 9.40. The van der Waals surface area contributed by atoms with E-state index in [0.29, 0.717) is 0 Å². The highest BCUT2D eigenvalue weighted by atomic mass is 16.7. The lowest BCUT2D eigenvalue weighted by atomic mass is 10.1. The third-order valence-electron chi connectivity index (χ3n) is 5.13. The number of hydrogen-bond acceptors (Lipinski definition) is 6. The molecule has 2 aromatic carbocycles. The van der Waals surface area contributed by atoms with Crippen molar-refractivity contribution in [1.82, 2.24) is 14.9 Å². The van der Waals surface area contributed by atoms with Crippen LogP contribution >= 0.6 is 0 Å². The van der Waals surface area contributed by atoms with Gasteiger partial charge < -0.3 is 14.4 Å². The summed E-state index contributed by atoms with van der Waals surface area (Å²) in [5, 5.41) is 1.08. The molecule has 3 aromatic rings. The van der Waals surface area contributed by atoms with Crippen molar-refractivity contribution in [2.75, 3.05) is 31.1 Å². The van der Waals surface area contributed by atoms with Gasteiger partial charge in [-0.25, -0.2) is 9.97 Å². The quantitative estimate of drug-likeness (QED) is 0.714. The van der Waals surface area contributed by atoms with Gasteiger partial charge in [0.25, 0.3) is 0 Å². The van der Waals surface area contributed by atoms with Gasteiger partial charge in [-0.2, -0.15) is 0 Å². The first kappa shape index (κ1) is 16.3. The minimum atomic E-state index is -0.194. The average Bonchev–Trinajstić information content (AvgIpc) is 3.07. The van der Waals surface area contributed by atoms with E-state index >= 15 is 0 Å². The van der Waals surface area contributed by atoms with E-state index in [2.05, 4.69) is 26.9 Å². The number of ether oxygens (including phenoxy) is 2. The van der Waals surface area contributed by atoms with E-state index in [1.54, 1.807) is 0 Å². The molecule has 27 heavy (non-hydrogen) atoms. The van der Waals surface area contributed by atoms with E-state index in [1.807, 2.05) is 43.5 Å². The fourth-order valence-electron chi connectivity index (χ4n) is 3.70. The summed E-state index contributed by atoms with van der Waals surface area (Å²) >= 11 is 0. The fourth-order valence-corrected chi connectivity index (χ4v) is 3.70. The largest absolute Gasteiger partial charge is 0.451 e. The normalized spacial score (nSPS) is 19.6. The predicted molar refractivity (Wildman–Crippen MR) is 104 cm³/mol. The van der Waals surface area contributed by atoms with Crippen LogP contribution in [0.15, 0.2) is 48.7 Å². The van der Waals surface area contributed by atoms with E-state index in [-0.39, 0.29) is 6.29 Å². The molecule has 1 fully saturated rings. The molecule has 0 spiro atoms. The molecule has 1 saturated heterocycles. The summed E-state index contributed by atoms with van der Waals surface area (Å²) < 4.78 is 11.3. The first-order chi connectivity index (χ1) is 13.2. The molecule has 6 nitrogen and oxygen atoms in total. The van der Waals surface area contributed by atoms with Crippen molar-refractivity contribution >= 4 is 16.9 Å². The van der Waals surface area contributed by atoms with Crippen molar-refractivity contribution in [3.8, 4) is 11.5 Å². The monoisotopic (exact) mass is 362 g/mol. The van der Waals surface area contributed by atoms with Crippen LogP contribution in [0.3, 0.4) is 0 Å². The van der Waals surface area contributed by atoms with Gasteiger partial charge in [0, 0.05) is 51.2 Å². The van der Waals surface area contributed by atoms with Crippen LogP contribution in [0.1, 0.15) is 12.5 Å². The molecule has 6 heteroatoms. The number of rotatable bonds is 3. The van der Waals surface area contributed by atoms with Crippen LogP contribution in [0.2, 0.25) is 0 Å². The lowest BCUT2D eigenvalue weighted by Gasteiger charge is -2.34. The fraction of sp³-hybridized carbons (Fsp3) is 0.333. The van der Waals surface area contributed by atoms with Crippen molar-refractivity contribution in [2.24, 2.45) is 0 Å². The Morgan fingerprint density at radius 1 is 1.00 bits per heavy atom. The number of hydrogen-bond donors (Lipinski definition) is 0. The zero-order valence-corrected chi connectivity index (χ0v) is 15.3. The molecule has 1 aromatic heterocycles. The highest BCUT2D eigenvalue weighted by Gasteiger charge is 2.22. The number of anilines is 1. The lowest BCUT2D eigenvalue weighted by molar-refractivity contribution is 0.0678. The van der Waals surface area contributed by atoms with Crippen molar-refractivity contribution < 1.29 is 9.47 Å². The van der Waals surface area contributed by atoms with Gasteiger partial charge in [-0.05, 0) is 23.8 Å². The SMILES string of the molecule is CC1Oc2ccc(CN3CCN(c4ncc5ccccc5n4)CC3)cc2O1. The van der Waals surface area contributed by atoms with Crippen molar-refractivity contribution in [3.05, 3.63) is 54.2 Å². The van der Waals surface area contributed by atoms with Crippen molar-refractivity contribution in [2.45, 2.75) is 19.8 Å². The van der Waals surface area contributed by atoms with Crippen molar-refractivity contribution in [1.29, 1.82) is 0 Å². The molecule has 3 heterocycles. The molecule has 0 amide bonds. The Balaban J connectivity index is 1.23. The van der Waals surface area contributed by atoms with Crippen LogP contribution in [-0.4, -0.2) is 47.3 Å². The van der Waals surface area contributed by atoms with Gasteiger partial charge in [0.15, 0.2) is 11.5 Å². The number of nitrogens with zero attached hydrogens (tertiary/aromatic N) is 4. The molecule has 2 aliphatic rings. The van der Waals surface area contributed by atoms with Crippen LogP contribution < -0.4 is 14.4 Å². The van der Waals surface area contributed by atoms with Gasteiger partial charge in [0.05, 0.1) is 5.52 Å². The number of benzene rings is 2. The Morgan fingerprint density at radius 2 is 1.81 bits per heavy atom. The van der Waals surface area contributed by atoms with Crippen LogP contribution in [0.4, 0.5) is 5.95 Å². The maximum absolute atomic E-state index is 5.68. The minimum absolute atomic E-state index is 0.194. The molecule has 0 saturated carbocycles. The van der Waals surface area contributed by atoms with Gasteiger partial charge in [0.2, 0.25) is 12.2 Å². The number of fused-ring (bicyclic) bond motifs is 2. The van der Waals surface area contributed by atoms with Crippen LogP contribution in [0.25, 0.3) is 10.9 Å². The maximum Gasteiger partial charge on any atom is 0.238 e. The Morgan fingerprint density at radius 3 is 2.70 bits per heavy atom. The molecule has 1 unspecified atom stereocenters. The van der Waals surface area contributed by atoms with Gasteiger partial charge >= 0.3 is 0 Å². The van der Waals surface area contributed by atoms with E-state index < -0.39 is 0 Å². The minimum Gasteiger partial charge on any atom is -0.451 e. The molecule has 5 rings (SSSR count). The topological polar surface area (TPSA) is 50.7 Å². The summed E-state index contributed by atoms with van der Waals surface area (Å²) in [6, 6.07) is 14.3. The standard InChI is InChI=1S/C21H22N4O2/c1-15-26-19-7-6-16(12-20(19)27-15)14-24-8-10-25(11-9-24)21-22-13-17-4-2-3-5-18(17)23-21/h2-7,12-13,15H,8-11,14H2,1H3. The van der Waals surface area contributed by atoms with Gasteiger partial charge in [-0.1, -0.05) is 24.3 Å². The zero-order valence-electron chi connectivity index (χ0n) is 15.3. The second-order valence-electron chi connectivity index (χ2n) is 7.08. The third kappa shape index (κ3) is 3.28. The summed E-state index contributed by atoms with van der Waals surface area (Å²) in [5.74, 6) is 2.51. The average molecular weight is 362 g/mol. The number of aromatic nitrogens is 2. The predicted octanol–water partition coefficient (Wildman–Crippen LogP) is 3.07. The van der Waals surface area contributed by atoms with Crippen LogP contribution in [0.5, 0.6) is 11.5 Å². The van der Waals surface area contributed by atoms with Crippen LogP contribution in [0, 0.1) is 0 Å². The molecule has 1 atom stereocenters. The number of piperazine rings is 1. The highest BCUT2D eigenvalue weighted by Crippen LogP contribution is 2.35. The molecule has 2 aliphatic heterocycles. The summed E-state index contributed by atoms with van der Waals surface area (Å²) in [6.07, 6.45) is 1.72. The van der Waals surface area contributed by atoms with Gasteiger partial charge in [-0.15, -0.1) is 0 Å². The Labute approximate surface area is 158 Å². The van der Waals surface area contributed by atoms with E-state index in [0.717, 1.165) is 61.1 Å². The van der Waals surface area contributed by atoms with Crippen LogP contribution in [-0.2, 0) is 6.54 Å². The molecule has 0 aliphatic carbocycles. The first-order valence-corrected chi connectivity index (χ1v) is 9.40. The maximum atomic E-state index is 5.68. The second-order valence-corrected chi connectivity index (χ2v) is 7.08. The summed E-state index contributed by atoms with van der Waals surface area (Å²) in [5.41, 5.74) is 2.25. The molecule has 0 N–H and O–H groups in total. The molecular formula is C21H22N4O2. The van der Waals surface area contributed by atoms with E-state index in [9.17, 15) is 0 Å². The van der Waals surface area contributed by atoms with E-state index in [1.165, 1.54) is 5.56 Å². The third-order valence-corrected chi connectivity index (χ3v) is 5.13. The Hall–Kier alpha value is -2.86. The second kappa shape index (κ2) is 6.70. The summed E-state index contributed by atoms with van der Waals surface area (Å²) in [6.45, 7) is 6.66. The van der Waals surface area contributed by atoms with E-state index in [4.69, 9.17) is 14.5 Å². The lowest BCUT2D eigenvalue weighted by Crippen LogP contribution is -2.46. The zero-order chi connectivity index (χ0) is 18.2. The molecule has 138 valence electrons. The summed E-state index contributed by atoms with van der Waals surface area (Å²) in [7, 11) is 0. The number of para-hydroxylation sites is 1.